The van der Waals surface area contributed by atoms with Gasteiger partial charge in [0.25, 0.3) is 0 Å². The van der Waals surface area contributed by atoms with E-state index in [1.165, 1.54) is 10.9 Å². The molecular formula is C15H19FIN3S. The van der Waals surface area contributed by atoms with E-state index in [2.05, 4.69) is 21.7 Å². The third-order valence-corrected chi connectivity index (χ3v) is 3.75. The molecule has 114 valence electrons. The summed E-state index contributed by atoms with van der Waals surface area (Å²) >= 11 is 1.70. The van der Waals surface area contributed by atoms with Crippen LogP contribution < -0.4 is 10.6 Å². The zero-order chi connectivity index (χ0) is 14.2. The zero-order valence-corrected chi connectivity index (χ0v) is 15.0. The maximum atomic E-state index is 13.5. The Hall–Kier alpha value is -1.15. The monoisotopic (exact) mass is 419 g/mol. The molecule has 0 aliphatic heterocycles. The number of nitrogens with one attached hydrogen (secondary N) is 2. The van der Waals surface area contributed by atoms with E-state index < -0.39 is 0 Å². The van der Waals surface area contributed by atoms with Crippen LogP contribution in [0, 0.1) is 5.82 Å². The second-order valence-electron chi connectivity index (χ2n) is 4.27. The van der Waals surface area contributed by atoms with E-state index in [1.807, 2.05) is 17.5 Å². The highest BCUT2D eigenvalue weighted by atomic mass is 127. The quantitative estimate of drug-likeness (QED) is 0.443. The van der Waals surface area contributed by atoms with Crippen LogP contribution in [-0.2, 0) is 13.0 Å². The van der Waals surface area contributed by atoms with Crippen molar-refractivity contribution in [1.29, 1.82) is 0 Å². The molecule has 2 rings (SSSR count). The molecule has 0 fully saturated rings. The highest BCUT2D eigenvalue weighted by Crippen LogP contribution is 2.07. The van der Waals surface area contributed by atoms with Crippen molar-refractivity contribution in [2.24, 2.45) is 4.99 Å². The van der Waals surface area contributed by atoms with Crippen molar-refractivity contribution in [2.45, 2.75) is 13.0 Å². The van der Waals surface area contributed by atoms with Crippen molar-refractivity contribution >= 4 is 41.3 Å². The minimum absolute atomic E-state index is 0. The molecule has 2 aromatic rings. The van der Waals surface area contributed by atoms with Crippen molar-refractivity contribution in [3.8, 4) is 0 Å². The Morgan fingerprint density at radius 3 is 2.67 bits per heavy atom. The van der Waals surface area contributed by atoms with Gasteiger partial charge in [0, 0.05) is 18.5 Å². The normalized spacial score (nSPS) is 10.9. The summed E-state index contributed by atoms with van der Waals surface area (Å²) in [5.41, 5.74) is 0.716. The molecule has 1 aromatic heterocycles. The largest absolute Gasteiger partial charge is 0.356 e. The number of thiophene rings is 1. The predicted molar refractivity (Wildman–Crippen MR) is 98.0 cm³/mol. The van der Waals surface area contributed by atoms with Crippen LogP contribution in [0.1, 0.15) is 10.4 Å². The van der Waals surface area contributed by atoms with Gasteiger partial charge >= 0.3 is 0 Å². The van der Waals surface area contributed by atoms with Crippen molar-refractivity contribution in [3.63, 3.8) is 0 Å². The molecule has 0 aliphatic carbocycles. The molecule has 1 aromatic carbocycles. The first-order chi connectivity index (χ1) is 9.79. The SMILES string of the molecule is CN=C(NCCc1ccccc1F)NCc1cccs1.I. The van der Waals surface area contributed by atoms with Gasteiger partial charge in [-0.2, -0.15) is 0 Å². The molecule has 0 unspecified atom stereocenters. The molecule has 0 atom stereocenters. The topological polar surface area (TPSA) is 36.4 Å². The smallest absolute Gasteiger partial charge is 0.191 e. The van der Waals surface area contributed by atoms with Gasteiger partial charge in [-0.05, 0) is 29.5 Å². The van der Waals surface area contributed by atoms with Crippen molar-refractivity contribution in [3.05, 3.63) is 58.0 Å². The Morgan fingerprint density at radius 2 is 2.00 bits per heavy atom. The molecular weight excluding hydrogens is 400 g/mol. The van der Waals surface area contributed by atoms with Gasteiger partial charge in [0.15, 0.2) is 5.96 Å². The van der Waals surface area contributed by atoms with E-state index in [1.54, 1.807) is 30.5 Å². The Kier molecular flexibility index (Phi) is 8.29. The lowest BCUT2D eigenvalue weighted by atomic mass is 10.1. The van der Waals surface area contributed by atoms with Gasteiger partial charge in [0.05, 0.1) is 6.54 Å². The van der Waals surface area contributed by atoms with Crippen LogP contribution in [0.15, 0.2) is 46.8 Å². The number of rotatable bonds is 5. The molecule has 1 heterocycles. The van der Waals surface area contributed by atoms with E-state index in [-0.39, 0.29) is 29.8 Å². The Balaban J connectivity index is 0.00000220. The van der Waals surface area contributed by atoms with Crippen molar-refractivity contribution in [1.82, 2.24) is 10.6 Å². The molecule has 0 aliphatic rings. The fourth-order valence-electron chi connectivity index (χ4n) is 1.82. The van der Waals surface area contributed by atoms with Crippen LogP contribution in [0.25, 0.3) is 0 Å². The van der Waals surface area contributed by atoms with Gasteiger partial charge in [-0.1, -0.05) is 24.3 Å². The number of nitrogens with zero attached hydrogens (tertiary/aromatic N) is 1. The summed E-state index contributed by atoms with van der Waals surface area (Å²) in [4.78, 5) is 5.40. The highest BCUT2D eigenvalue weighted by Gasteiger charge is 2.02. The molecule has 0 amide bonds. The Labute approximate surface area is 145 Å². The summed E-state index contributed by atoms with van der Waals surface area (Å²) in [6.45, 7) is 1.39. The van der Waals surface area contributed by atoms with Gasteiger partial charge in [0.2, 0.25) is 0 Å². The first kappa shape index (κ1) is 17.9. The number of hydrogen-bond donors (Lipinski definition) is 2. The number of halogens is 2. The molecule has 0 spiro atoms. The number of guanidine groups is 1. The molecule has 3 nitrogen and oxygen atoms in total. The predicted octanol–water partition coefficient (Wildman–Crippen LogP) is 3.41. The second-order valence-corrected chi connectivity index (χ2v) is 5.31. The molecule has 0 saturated heterocycles. The minimum atomic E-state index is -0.157. The zero-order valence-electron chi connectivity index (χ0n) is 11.8. The third kappa shape index (κ3) is 6.01. The van der Waals surface area contributed by atoms with Crippen molar-refractivity contribution in [2.75, 3.05) is 13.6 Å². The minimum Gasteiger partial charge on any atom is -0.356 e. The van der Waals surface area contributed by atoms with Gasteiger partial charge in [-0.15, -0.1) is 35.3 Å². The van der Waals surface area contributed by atoms with Crippen LogP contribution in [0.2, 0.25) is 0 Å². The number of aliphatic imine (C=N–C) groups is 1. The lowest BCUT2D eigenvalue weighted by Gasteiger charge is -2.11. The molecule has 0 radical (unpaired) electrons. The Bertz CT molecular complexity index is 558. The van der Waals surface area contributed by atoms with Crippen LogP contribution in [-0.4, -0.2) is 19.6 Å². The third-order valence-electron chi connectivity index (χ3n) is 2.88. The van der Waals surface area contributed by atoms with Gasteiger partial charge < -0.3 is 10.6 Å². The first-order valence-electron chi connectivity index (χ1n) is 6.50. The summed E-state index contributed by atoms with van der Waals surface area (Å²) in [5, 5.41) is 8.46. The summed E-state index contributed by atoms with van der Waals surface area (Å²) < 4.78 is 13.5. The molecule has 21 heavy (non-hydrogen) atoms. The lowest BCUT2D eigenvalue weighted by Crippen LogP contribution is -2.37. The van der Waals surface area contributed by atoms with Gasteiger partial charge in [-0.25, -0.2) is 4.39 Å². The molecule has 2 N–H and O–H groups in total. The lowest BCUT2D eigenvalue weighted by molar-refractivity contribution is 0.607. The average Bonchev–Trinajstić information content (AvgIpc) is 2.98. The van der Waals surface area contributed by atoms with E-state index in [0.717, 1.165) is 12.5 Å². The standard InChI is InChI=1S/C15H18FN3S.HI/c1-17-15(19-11-13-6-4-10-20-13)18-9-8-12-5-2-3-7-14(12)16;/h2-7,10H,8-9,11H2,1H3,(H2,17,18,19);1H. The van der Waals surface area contributed by atoms with E-state index >= 15 is 0 Å². The summed E-state index contributed by atoms with van der Waals surface area (Å²) in [6.07, 6.45) is 0.631. The summed E-state index contributed by atoms with van der Waals surface area (Å²) in [5.74, 6) is 0.575. The number of benzene rings is 1. The fourth-order valence-corrected chi connectivity index (χ4v) is 2.47. The van der Waals surface area contributed by atoms with Crippen LogP contribution in [0.5, 0.6) is 0 Å². The Morgan fingerprint density at radius 1 is 1.19 bits per heavy atom. The molecule has 6 heteroatoms. The van der Waals surface area contributed by atoms with E-state index in [4.69, 9.17) is 0 Å². The summed E-state index contributed by atoms with van der Waals surface area (Å²) in [7, 11) is 1.73. The maximum Gasteiger partial charge on any atom is 0.191 e. The van der Waals surface area contributed by atoms with E-state index in [9.17, 15) is 4.39 Å². The maximum absolute atomic E-state index is 13.5. The first-order valence-corrected chi connectivity index (χ1v) is 7.38. The average molecular weight is 419 g/mol. The van der Waals surface area contributed by atoms with Crippen molar-refractivity contribution < 1.29 is 4.39 Å². The van der Waals surface area contributed by atoms with Crippen LogP contribution in [0.3, 0.4) is 0 Å². The number of hydrogen-bond acceptors (Lipinski definition) is 2. The molecule has 0 bridgehead atoms. The highest BCUT2D eigenvalue weighted by molar-refractivity contribution is 14.0. The fraction of sp³-hybridized carbons (Fsp3) is 0.267. The van der Waals surface area contributed by atoms with Gasteiger partial charge in [-0.3, -0.25) is 4.99 Å². The van der Waals surface area contributed by atoms with E-state index in [0.29, 0.717) is 18.5 Å². The summed E-state index contributed by atoms with van der Waals surface area (Å²) in [6, 6.07) is 10.9. The molecule has 0 saturated carbocycles. The van der Waals surface area contributed by atoms with Crippen LogP contribution in [0.4, 0.5) is 4.39 Å². The second kappa shape index (κ2) is 9.73. The van der Waals surface area contributed by atoms with Gasteiger partial charge in [0.1, 0.15) is 5.82 Å². The van der Waals surface area contributed by atoms with Crippen LogP contribution >= 0.6 is 35.3 Å².